The Kier molecular flexibility index (Phi) is 4.31. The molecule has 3 rings (SSSR count). The highest BCUT2D eigenvalue weighted by Crippen LogP contribution is 2.34. The third kappa shape index (κ3) is 3.13. The topological polar surface area (TPSA) is 88.0 Å². The molecule has 0 radical (unpaired) electrons. The summed E-state index contributed by atoms with van der Waals surface area (Å²) in [5.74, 6) is -0.507. The molecule has 0 unspecified atom stereocenters. The number of nitrogens with one attached hydrogen (secondary N) is 2. The number of benzene rings is 2. The maximum Gasteiger partial charge on any atom is 0.250 e. The zero-order chi connectivity index (χ0) is 18.1. The maximum atomic E-state index is 11.7. The average molecular weight is 335 g/mol. The van der Waals surface area contributed by atoms with Gasteiger partial charge in [0.05, 0.1) is 11.1 Å². The highest BCUT2D eigenvalue weighted by Gasteiger charge is 2.16. The molecule has 0 atom stereocenters. The molecule has 5 nitrogen and oxygen atoms in total. The van der Waals surface area contributed by atoms with Gasteiger partial charge in [0.2, 0.25) is 5.91 Å². The molecule has 2 amide bonds. The van der Waals surface area contributed by atoms with Crippen LogP contribution in [-0.2, 0) is 11.3 Å². The van der Waals surface area contributed by atoms with Crippen molar-refractivity contribution in [1.82, 2.24) is 10.3 Å². The molecular formula is C20H21N3O2. The van der Waals surface area contributed by atoms with E-state index in [1.165, 1.54) is 6.92 Å². The molecule has 3 aromatic rings. The Bertz CT molecular complexity index is 986. The van der Waals surface area contributed by atoms with Crippen LogP contribution in [0.2, 0.25) is 0 Å². The summed E-state index contributed by atoms with van der Waals surface area (Å²) in [5, 5.41) is 3.82. The molecule has 0 aliphatic carbocycles. The number of aromatic amines is 1. The van der Waals surface area contributed by atoms with Crippen molar-refractivity contribution < 1.29 is 9.59 Å². The van der Waals surface area contributed by atoms with Gasteiger partial charge in [-0.15, -0.1) is 0 Å². The molecule has 0 spiro atoms. The number of carbonyl (C=O) groups excluding carboxylic acids is 2. The quantitative estimate of drug-likeness (QED) is 0.684. The Morgan fingerprint density at radius 1 is 1.16 bits per heavy atom. The molecule has 4 N–H and O–H groups in total. The SMILES string of the molecule is CC(=O)NCc1cccc(-c2ccc(C(N)=O)c3[nH]c(C)c(C)c23)c1. The van der Waals surface area contributed by atoms with Crippen molar-refractivity contribution in [2.45, 2.75) is 27.3 Å². The molecule has 0 bridgehead atoms. The second-order valence-electron chi connectivity index (χ2n) is 6.26. The molecule has 0 saturated heterocycles. The van der Waals surface area contributed by atoms with Gasteiger partial charge in [0, 0.05) is 24.5 Å². The van der Waals surface area contributed by atoms with E-state index >= 15 is 0 Å². The van der Waals surface area contributed by atoms with Gasteiger partial charge in [-0.1, -0.05) is 24.3 Å². The van der Waals surface area contributed by atoms with Crippen LogP contribution in [0.5, 0.6) is 0 Å². The Labute approximate surface area is 146 Å². The number of hydrogen-bond donors (Lipinski definition) is 3. The smallest absolute Gasteiger partial charge is 0.250 e. The van der Waals surface area contributed by atoms with Crippen molar-refractivity contribution in [2.75, 3.05) is 0 Å². The molecule has 5 heteroatoms. The number of nitrogens with two attached hydrogens (primary N) is 1. The Morgan fingerprint density at radius 2 is 1.92 bits per heavy atom. The Balaban J connectivity index is 2.16. The first kappa shape index (κ1) is 16.8. The van der Waals surface area contributed by atoms with E-state index < -0.39 is 5.91 Å². The van der Waals surface area contributed by atoms with Crippen LogP contribution in [-0.4, -0.2) is 16.8 Å². The van der Waals surface area contributed by atoms with Gasteiger partial charge in [0.25, 0.3) is 5.91 Å². The first-order valence-corrected chi connectivity index (χ1v) is 8.14. The van der Waals surface area contributed by atoms with Crippen molar-refractivity contribution in [3.8, 4) is 11.1 Å². The summed E-state index contributed by atoms with van der Waals surface area (Å²) in [4.78, 5) is 26.2. The van der Waals surface area contributed by atoms with Crippen molar-refractivity contribution in [3.63, 3.8) is 0 Å². The van der Waals surface area contributed by atoms with Gasteiger partial charge in [0.1, 0.15) is 0 Å². The molecule has 0 aliphatic heterocycles. The lowest BCUT2D eigenvalue weighted by molar-refractivity contribution is -0.119. The van der Waals surface area contributed by atoms with Gasteiger partial charge in [-0.05, 0) is 48.2 Å². The van der Waals surface area contributed by atoms with Crippen molar-refractivity contribution in [2.24, 2.45) is 5.73 Å². The molecule has 0 saturated carbocycles. The first-order valence-electron chi connectivity index (χ1n) is 8.14. The predicted molar refractivity (Wildman–Crippen MR) is 99.2 cm³/mol. The average Bonchev–Trinajstić information content (AvgIpc) is 2.87. The third-order valence-corrected chi connectivity index (χ3v) is 4.50. The molecule has 0 fully saturated rings. The minimum absolute atomic E-state index is 0.0595. The van der Waals surface area contributed by atoms with Crippen LogP contribution >= 0.6 is 0 Å². The number of hydrogen-bond acceptors (Lipinski definition) is 2. The van der Waals surface area contributed by atoms with Gasteiger partial charge in [-0.25, -0.2) is 0 Å². The highest BCUT2D eigenvalue weighted by molar-refractivity contribution is 6.10. The van der Waals surface area contributed by atoms with Gasteiger partial charge in [-0.2, -0.15) is 0 Å². The predicted octanol–water partition coefficient (Wildman–Crippen LogP) is 3.19. The van der Waals surface area contributed by atoms with Crippen LogP contribution in [0.4, 0.5) is 0 Å². The van der Waals surface area contributed by atoms with Crippen LogP contribution in [0.1, 0.15) is 34.1 Å². The first-order chi connectivity index (χ1) is 11.9. The summed E-state index contributed by atoms with van der Waals surface area (Å²) in [5.41, 5.74) is 12.0. The zero-order valence-corrected chi connectivity index (χ0v) is 14.6. The summed E-state index contributed by atoms with van der Waals surface area (Å²) >= 11 is 0. The minimum Gasteiger partial charge on any atom is -0.366 e. The van der Waals surface area contributed by atoms with E-state index in [0.717, 1.165) is 38.9 Å². The number of aromatic nitrogens is 1. The highest BCUT2D eigenvalue weighted by atomic mass is 16.1. The number of primary amides is 1. The van der Waals surface area contributed by atoms with E-state index in [-0.39, 0.29) is 5.91 Å². The van der Waals surface area contributed by atoms with E-state index in [1.807, 2.05) is 38.1 Å². The van der Waals surface area contributed by atoms with Gasteiger partial charge < -0.3 is 16.0 Å². The fourth-order valence-corrected chi connectivity index (χ4v) is 3.11. The van der Waals surface area contributed by atoms with Gasteiger partial charge >= 0.3 is 0 Å². The largest absolute Gasteiger partial charge is 0.366 e. The van der Waals surface area contributed by atoms with Crippen LogP contribution < -0.4 is 11.1 Å². The van der Waals surface area contributed by atoms with Crippen molar-refractivity contribution >= 4 is 22.7 Å². The van der Waals surface area contributed by atoms with Crippen LogP contribution in [0.25, 0.3) is 22.0 Å². The van der Waals surface area contributed by atoms with E-state index in [4.69, 9.17) is 5.73 Å². The summed E-state index contributed by atoms with van der Waals surface area (Å²) < 4.78 is 0. The fraction of sp³-hybridized carbons (Fsp3) is 0.200. The van der Waals surface area contributed by atoms with E-state index in [9.17, 15) is 9.59 Å². The second kappa shape index (κ2) is 6.43. The van der Waals surface area contributed by atoms with E-state index in [1.54, 1.807) is 6.07 Å². The van der Waals surface area contributed by atoms with Gasteiger partial charge in [-0.3, -0.25) is 9.59 Å². The van der Waals surface area contributed by atoms with Crippen LogP contribution in [0.3, 0.4) is 0 Å². The third-order valence-electron chi connectivity index (χ3n) is 4.50. The summed E-state index contributed by atoms with van der Waals surface area (Å²) in [7, 11) is 0. The number of fused-ring (bicyclic) bond motifs is 1. The molecular weight excluding hydrogens is 314 g/mol. The van der Waals surface area contributed by atoms with Crippen molar-refractivity contribution in [3.05, 3.63) is 58.8 Å². The summed E-state index contributed by atoms with van der Waals surface area (Å²) in [6.07, 6.45) is 0. The monoisotopic (exact) mass is 335 g/mol. The Morgan fingerprint density at radius 3 is 2.60 bits per heavy atom. The Hall–Kier alpha value is -3.08. The number of amides is 2. The molecule has 25 heavy (non-hydrogen) atoms. The lowest BCUT2D eigenvalue weighted by Crippen LogP contribution is -2.18. The summed E-state index contributed by atoms with van der Waals surface area (Å²) in [6, 6.07) is 11.7. The maximum absolute atomic E-state index is 11.7. The van der Waals surface area contributed by atoms with Crippen molar-refractivity contribution in [1.29, 1.82) is 0 Å². The van der Waals surface area contributed by atoms with Gasteiger partial charge in [0.15, 0.2) is 0 Å². The lowest BCUT2D eigenvalue weighted by Gasteiger charge is -2.10. The van der Waals surface area contributed by atoms with Crippen LogP contribution in [0, 0.1) is 13.8 Å². The van der Waals surface area contributed by atoms with Crippen LogP contribution in [0.15, 0.2) is 36.4 Å². The normalized spacial score (nSPS) is 10.8. The number of carbonyl (C=O) groups is 2. The van der Waals surface area contributed by atoms with E-state index in [2.05, 4.69) is 16.4 Å². The summed E-state index contributed by atoms with van der Waals surface area (Å²) in [6.45, 7) is 6.00. The zero-order valence-electron chi connectivity index (χ0n) is 14.6. The second-order valence-corrected chi connectivity index (χ2v) is 6.26. The van der Waals surface area contributed by atoms with E-state index in [0.29, 0.717) is 12.1 Å². The fourth-order valence-electron chi connectivity index (χ4n) is 3.11. The molecule has 1 heterocycles. The molecule has 2 aromatic carbocycles. The standard InChI is InChI=1S/C20H21N3O2/c1-11-12(2)23-19-17(20(21)25)8-7-16(18(11)19)15-6-4-5-14(9-15)10-22-13(3)24/h4-9,23H,10H2,1-3H3,(H2,21,25)(H,22,24). The number of aryl methyl sites for hydroxylation is 2. The molecule has 128 valence electrons. The minimum atomic E-state index is -0.447. The number of rotatable bonds is 4. The number of H-pyrrole nitrogens is 1. The lowest BCUT2D eigenvalue weighted by atomic mass is 9.95. The molecule has 1 aromatic heterocycles. The molecule has 0 aliphatic rings.